The molecule has 0 N–H and O–H groups in total. The van der Waals surface area contributed by atoms with Gasteiger partial charge in [0, 0.05) is 27.5 Å². The van der Waals surface area contributed by atoms with E-state index < -0.39 is 0 Å². The van der Waals surface area contributed by atoms with Crippen LogP contribution in [0.1, 0.15) is 18.4 Å². The van der Waals surface area contributed by atoms with E-state index in [1.54, 1.807) is 0 Å². The van der Waals surface area contributed by atoms with Gasteiger partial charge in [-0.3, -0.25) is 0 Å². The summed E-state index contributed by atoms with van der Waals surface area (Å²) in [5, 5.41) is 9.92. The van der Waals surface area contributed by atoms with E-state index in [4.69, 9.17) is 4.42 Å². The van der Waals surface area contributed by atoms with E-state index in [-0.39, 0.29) is 11.3 Å². The summed E-state index contributed by atoms with van der Waals surface area (Å²) >= 11 is 0. The van der Waals surface area contributed by atoms with Gasteiger partial charge in [-0.15, -0.1) is 0 Å². The molecule has 0 fully saturated rings. The lowest BCUT2D eigenvalue weighted by atomic mass is 9.64. The summed E-state index contributed by atoms with van der Waals surface area (Å²) in [4.78, 5) is 0. The summed E-state index contributed by atoms with van der Waals surface area (Å²) in [6.45, 7) is 2.36. The molecule has 8 aromatic carbocycles. The number of furan rings is 1. The number of allylic oxidation sites excluding steroid dienone is 4. The van der Waals surface area contributed by atoms with E-state index in [1.807, 2.05) is 0 Å². The largest absolute Gasteiger partial charge is 0.456 e. The Hall–Kier alpha value is -6.70. The molecule has 0 saturated carbocycles. The second kappa shape index (κ2) is 11.9. The van der Waals surface area contributed by atoms with Crippen molar-refractivity contribution in [3.8, 4) is 33.4 Å². The zero-order chi connectivity index (χ0) is 35.8. The summed E-state index contributed by atoms with van der Waals surface area (Å²) in [6, 6.07) is 60.1. The Morgan fingerprint density at radius 1 is 0.500 bits per heavy atom. The number of fused-ring (bicyclic) bond motifs is 7. The molecule has 1 heterocycles. The molecule has 54 heavy (non-hydrogen) atoms. The minimum atomic E-state index is -0.253. The van der Waals surface area contributed by atoms with Crippen LogP contribution < -0.4 is 10.6 Å². The standard InChI is InChI=1S/C53H36O/c1-53-30-11-10-28-47(53)52-46(41-22-8-9-29-49(41)54-52)33-48(53)36-18-13-20-38(32-36)51-44-25-6-4-23-42(44)50(43-24-5-7-26-45(43)51)37-19-12-17-35(31-37)40-27-14-16-34-15-2-3-21-39(34)40/h2-33,48H,1H3. The van der Waals surface area contributed by atoms with Gasteiger partial charge in [-0.05, 0) is 83.4 Å². The molecule has 1 aromatic heterocycles. The second-order valence-electron chi connectivity index (χ2n) is 15.0. The average molecular weight is 689 g/mol. The van der Waals surface area contributed by atoms with Gasteiger partial charge in [0.2, 0.25) is 0 Å². The van der Waals surface area contributed by atoms with Gasteiger partial charge in [-0.1, -0.05) is 189 Å². The lowest BCUT2D eigenvalue weighted by Crippen LogP contribution is -2.39. The molecule has 11 rings (SSSR count). The van der Waals surface area contributed by atoms with Gasteiger partial charge < -0.3 is 4.42 Å². The highest BCUT2D eigenvalue weighted by Crippen LogP contribution is 2.50. The number of benzene rings is 8. The van der Waals surface area contributed by atoms with Crippen LogP contribution in [-0.2, 0) is 0 Å². The molecule has 1 heteroatoms. The van der Waals surface area contributed by atoms with Crippen LogP contribution in [0.3, 0.4) is 0 Å². The number of hydrogen-bond acceptors (Lipinski definition) is 1. The molecule has 0 aliphatic heterocycles. The summed E-state index contributed by atoms with van der Waals surface area (Å²) in [5.41, 5.74) is 11.7. The topological polar surface area (TPSA) is 13.1 Å². The summed E-state index contributed by atoms with van der Waals surface area (Å²) in [7, 11) is 0. The zero-order valence-electron chi connectivity index (χ0n) is 30.0. The highest BCUT2D eigenvalue weighted by molar-refractivity contribution is 6.21. The van der Waals surface area contributed by atoms with Crippen LogP contribution in [0.4, 0.5) is 0 Å². The maximum Gasteiger partial charge on any atom is 0.139 e. The third-order valence-corrected chi connectivity index (χ3v) is 12.0. The molecule has 0 spiro atoms. The Labute approximate surface area is 314 Å². The maximum atomic E-state index is 6.54. The Bertz CT molecular complexity index is 3130. The third kappa shape index (κ3) is 4.58. The normalized spacial score (nSPS) is 17.6. The first kappa shape index (κ1) is 30.9. The molecule has 2 aliphatic carbocycles. The molecule has 0 amide bonds. The van der Waals surface area contributed by atoms with Crippen LogP contribution in [0, 0.1) is 5.41 Å². The van der Waals surface area contributed by atoms with Crippen LogP contribution in [0.2, 0.25) is 0 Å². The maximum absolute atomic E-state index is 6.54. The first-order chi connectivity index (χ1) is 26.7. The summed E-state index contributed by atoms with van der Waals surface area (Å²) < 4.78 is 6.54. The van der Waals surface area contributed by atoms with Crippen molar-refractivity contribution in [2.24, 2.45) is 5.41 Å². The Morgan fingerprint density at radius 2 is 1.07 bits per heavy atom. The zero-order valence-corrected chi connectivity index (χ0v) is 30.0. The lowest BCUT2D eigenvalue weighted by molar-refractivity contribution is 0.488. The molecule has 9 aromatic rings. The number of rotatable bonds is 4. The molecular formula is C53H36O. The van der Waals surface area contributed by atoms with E-state index in [1.165, 1.54) is 87.4 Å². The molecular weight excluding hydrogens is 653 g/mol. The highest BCUT2D eigenvalue weighted by Gasteiger charge is 2.39. The predicted octanol–water partition coefficient (Wildman–Crippen LogP) is 12.8. The lowest BCUT2D eigenvalue weighted by Gasteiger charge is -2.38. The van der Waals surface area contributed by atoms with Gasteiger partial charge >= 0.3 is 0 Å². The van der Waals surface area contributed by atoms with Crippen molar-refractivity contribution in [1.82, 2.24) is 0 Å². The van der Waals surface area contributed by atoms with Crippen molar-refractivity contribution >= 4 is 54.9 Å². The molecule has 254 valence electrons. The van der Waals surface area contributed by atoms with Crippen molar-refractivity contribution in [3.05, 3.63) is 204 Å². The van der Waals surface area contributed by atoms with Gasteiger partial charge in [-0.2, -0.15) is 0 Å². The van der Waals surface area contributed by atoms with Crippen molar-refractivity contribution in [2.75, 3.05) is 0 Å². The van der Waals surface area contributed by atoms with Crippen LogP contribution in [0.5, 0.6) is 0 Å². The third-order valence-electron chi connectivity index (χ3n) is 12.0. The Kier molecular flexibility index (Phi) is 6.81. The Balaban J connectivity index is 1.12. The molecule has 1 nitrogen and oxygen atoms in total. The summed E-state index contributed by atoms with van der Waals surface area (Å²) in [5.74, 6) is 0.121. The molecule has 2 atom stereocenters. The van der Waals surface area contributed by atoms with Crippen molar-refractivity contribution in [3.63, 3.8) is 0 Å². The van der Waals surface area contributed by atoms with E-state index in [0.29, 0.717) is 0 Å². The Morgan fingerprint density at radius 3 is 1.81 bits per heavy atom. The quantitative estimate of drug-likeness (QED) is 0.168. The fourth-order valence-corrected chi connectivity index (χ4v) is 9.44. The minimum Gasteiger partial charge on any atom is -0.456 e. The number of para-hydroxylation sites is 1. The van der Waals surface area contributed by atoms with E-state index in [2.05, 4.69) is 201 Å². The SMILES string of the molecule is CC12C=CC=CC1=c1oc3ccccc3c1=CC2c1cccc(-c2c3ccccc3c(-c3cccc(-c4cccc5ccccc45)c3)c3ccccc23)c1. The molecule has 0 saturated heterocycles. The smallest absolute Gasteiger partial charge is 0.139 e. The van der Waals surface area contributed by atoms with Crippen molar-refractivity contribution in [2.45, 2.75) is 12.8 Å². The van der Waals surface area contributed by atoms with Crippen molar-refractivity contribution in [1.29, 1.82) is 0 Å². The van der Waals surface area contributed by atoms with Gasteiger partial charge in [0.05, 0.1) is 0 Å². The van der Waals surface area contributed by atoms with Gasteiger partial charge in [-0.25, -0.2) is 0 Å². The van der Waals surface area contributed by atoms with E-state index >= 15 is 0 Å². The predicted molar refractivity (Wildman–Crippen MR) is 228 cm³/mol. The fourth-order valence-electron chi connectivity index (χ4n) is 9.44. The molecule has 0 bridgehead atoms. The first-order valence-corrected chi connectivity index (χ1v) is 18.9. The molecule has 2 aliphatic rings. The van der Waals surface area contributed by atoms with E-state index in [0.717, 1.165) is 11.0 Å². The van der Waals surface area contributed by atoms with Crippen LogP contribution in [0.25, 0.3) is 88.3 Å². The highest BCUT2D eigenvalue weighted by atomic mass is 16.3. The fraction of sp³-hybridized carbons (Fsp3) is 0.0566. The second-order valence-corrected chi connectivity index (χ2v) is 15.0. The molecule has 0 radical (unpaired) electrons. The van der Waals surface area contributed by atoms with Crippen LogP contribution >= 0.6 is 0 Å². The average Bonchev–Trinajstić information content (AvgIpc) is 3.60. The van der Waals surface area contributed by atoms with Crippen molar-refractivity contribution < 1.29 is 4.42 Å². The van der Waals surface area contributed by atoms with E-state index in [9.17, 15) is 0 Å². The molecule has 2 unspecified atom stereocenters. The minimum absolute atomic E-state index is 0.121. The van der Waals surface area contributed by atoms with Crippen LogP contribution in [-0.4, -0.2) is 0 Å². The monoisotopic (exact) mass is 688 g/mol. The van der Waals surface area contributed by atoms with Gasteiger partial charge in [0.15, 0.2) is 0 Å². The van der Waals surface area contributed by atoms with Gasteiger partial charge in [0.1, 0.15) is 11.0 Å². The number of hydrogen-bond donors (Lipinski definition) is 0. The van der Waals surface area contributed by atoms with Crippen LogP contribution in [0.15, 0.2) is 193 Å². The first-order valence-electron chi connectivity index (χ1n) is 18.9. The summed E-state index contributed by atoms with van der Waals surface area (Å²) in [6.07, 6.45) is 11.4. The van der Waals surface area contributed by atoms with Gasteiger partial charge in [0.25, 0.3) is 0 Å².